The van der Waals surface area contributed by atoms with Crippen molar-refractivity contribution >= 4 is 23.3 Å². The van der Waals surface area contributed by atoms with E-state index in [1.54, 1.807) is 6.20 Å². The SMILES string of the molecule is CC(C)Cc1cc(C(=O)NC[C@H](O)CN2CCc3c(ccc(OCc4cnco4)c3Cl)C2)cc(NC2CCC2)n1. The highest BCUT2D eigenvalue weighted by Gasteiger charge is 2.23. The molecule has 3 heterocycles. The molecule has 1 aliphatic heterocycles. The average Bonchev–Trinajstić information content (AvgIpc) is 3.42. The number of ether oxygens (including phenoxy) is 1. The van der Waals surface area contributed by atoms with Crippen molar-refractivity contribution in [2.24, 2.45) is 5.92 Å². The molecule has 1 saturated carbocycles. The Hall–Kier alpha value is -3.14. The summed E-state index contributed by atoms with van der Waals surface area (Å²) in [6, 6.07) is 8.00. The summed E-state index contributed by atoms with van der Waals surface area (Å²) in [5, 5.41) is 17.7. The minimum atomic E-state index is -0.699. The van der Waals surface area contributed by atoms with Gasteiger partial charge in [0.05, 0.1) is 17.3 Å². The fourth-order valence-electron chi connectivity index (χ4n) is 5.13. The fourth-order valence-corrected chi connectivity index (χ4v) is 5.46. The number of β-amino-alcohol motifs (C(OH)–C–C–N with tert-alkyl or cyclic N) is 1. The molecule has 1 aromatic carbocycles. The smallest absolute Gasteiger partial charge is 0.251 e. The van der Waals surface area contributed by atoms with E-state index in [0.717, 1.165) is 54.9 Å². The zero-order chi connectivity index (χ0) is 28.1. The van der Waals surface area contributed by atoms with Crippen molar-refractivity contribution in [3.63, 3.8) is 0 Å². The number of nitrogens with zero attached hydrogens (tertiary/aromatic N) is 3. The van der Waals surface area contributed by atoms with Crippen LogP contribution in [0.3, 0.4) is 0 Å². The summed E-state index contributed by atoms with van der Waals surface area (Å²) in [4.78, 5) is 23.8. The van der Waals surface area contributed by atoms with Crippen LogP contribution in [0.25, 0.3) is 0 Å². The van der Waals surface area contributed by atoms with Crippen LogP contribution in [0, 0.1) is 5.92 Å². The van der Waals surface area contributed by atoms with Crippen molar-refractivity contribution < 1.29 is 19.1 Å². The minimum absolute atomic E-state index is 0.171. The summed E-state index contributed by atoms with van der Waals surface area (Å²) in [6.07, 6.45) is 7.33. The van der Waals surface area contributed by atoms with Gasteiger partial charge in [-0.05, 0) is 67.3 Å². The van der Waals surface area contributed by atoms with Crippen LogP contribution in [0.2, 0.25) is 5.02 Å². The first kappa shape index (κ1) is 28.4. The lowest BCUT2D eigenvalue weighted by Crippen LogP contribution is -2.42. The highest BCUT2D eigenvalue weighted by molar-refractivity contribution is 6.33. The number of rotatable bonds is 12. The molecule has 1 fully saturated rings. The number of hydrogen-bond acceptors (Lipinski definition) is 8. The number of oxazole rings is 1. The van der Waals surface area contributed by atoms with E-state index in [-0.39, 0.29) is 19.1 Å². The molecule has 3 aromatic rings. The molecule has 3 N–H and O–H groups in total. The van der Waals surface area contributed by atoms with Gasteiger partial charge in [0.2, 0.25) is 0 Å². The summed E-state index contributed by atoms with van der Waals surface area (Å²) in [5.41, 5.74) is 3.65. The van der Waals surface area contributed by atoms with Crippen LogP contribution in [0.4, 0.5) is 5.82 Å². The van der Waals surface area contributed by atoms with E-state index < -0.39 is 6.10 Å². The fraction of sp³-hybridized carbons (Fsp3) is 0.500. The highest BCUT2D eigenvalue weighted by atomic mass is 35.5. The topological polar surface area (TPSA) is 113 Å². The van der Waals surface area contributed by atoms with Gasteiger partial charge >= 0.3 is 0 Å². The van der Waals surface area contributed by atoms with Crippen LogP contribution in [0.15, 0.2) is 41.3 Å². The molecule has 0 bridgehead atoms. The molecular weight excluding hydrogens is 530 g/mol. The molecule has 0 saturated heterocycles. The van der Waals surface area contributed by atoms with Gasteiger partial charge in [-0.3, -0.25) is 9.69 Å². The molecule has 1 amide bonds. The largest absolute Gasteiger partial charge is 0.484 e. The van der Waals surface area contributed by atoms with Gasteiger partial charge in [-0.25, -0.2) is 9.97 Å². The second kappa shape index (κ2) is 13.0. The Balaban J connectivity index is 1.13. The summed E-state index contributed by atoms with van der Waals surface area (Å²) in [5.74, 6) is 2.24. The minimum Gasteiger partial charge on any atom is -0.484 e. The molecule has 10 heteroatoms. The summed E-state index contributed by atoms with van der Waals surface area (Å²) in [7, 11) is 0. The van der Waals surface area contributed by atoms with E-state index >= 15 is 0 Å². The molecule has 214 valence electrons. The predicted octanol–water partition coefficient (Wildman–Crippen LogP) is 4.61. The molecule has 2 aromatic heterocycles. The van der Waals surface area contributed by atoms with Crippen molar-refractivity contribution in [1.29, 1.82) is 0 Å². The van der Waals surface area contributed by atoms with Crippen molar-refractivity contribution in [3.05, 3.63) is 70.0 Å². The number of nitrogens with one attached hydrogen (secondary N) is 2. The van der Waals surface area contributed by atoms with Gasteiger partial charge in [-0.2, -0.15) is 0 Å². The van der Waals surface area contributed by atoms with Crippen molar-refractivity contribution in [3.8, 4) is 5.75 Å². The molecule has 1 aliphatic carbocycles. The second-order valence-electron chi connectivity index (χ2n) is 11.2. The third-order valence-electron chi connectivity index (χ3n) is 7.41. The average molecular weight is 568 g/mol. The number of carbonyl (C=O) groups is 1. The number of halogens is 1. The molecule has 2 aliphatic rings. The Kier molecular flexibility index (Phi) is 9.24. The zero-order valence-electron chi connectivity index (χ0n) is 23.2. The monoisotopic (exact) mass is 567 g/mol. The van der Waals surface area contributed by atoms with Crippen LogP contribution < -0.4 is 15.4 Å². The number of aliphatic hydroxyl groups is 1. The van der Waals surface area contributed by atoms with E-state index in [1.807, 2.05) is 24.3 Å². The maximum atomic E-state index is 13.0. The zero-order valence-corrected chi connectivity index (χ0v) is 23.9. The van der Waals surface area contributed by atoms with Crippen molar-refractivity contribution in [2.45, 2.75) is 71.2 Å². The quantitative estimate of drug-likeness (QED) is 0.291. The van der Waals surface area contributed by atoms with Crippen LogP contribution in [0.5, 0.6) is 5.75 Å². The van der Waals surface area contributed by atoms with Gasteiger partial charge in [0.15, 0.2) is 12.2 Å². The second-order valence-corrected chi connectivity index (χ2v) is 11.6. The number of carbonyl (C=O) groups excluding carboxylic acids is 1. The Morgan fingerprint density at radius 2 is 2.15 bits per heavy atom. The van der Waals surface area contributed by atoms with Gasteiger partial charge in [0.25, 0.3) is 5.91 Å². The maximum Gasteiger partial charge on any atom is 0.251 e. The molecule has 9 nitrogen and oxygen atoms in total. The normalized spacial score (nSPS) is 16.3. The highest BCUT2D eigenvalue weighted by Crippen LogP contribution is 2.34. The standard InChI is InChI=1S/C30H38ClN5O4/c1-19(2)10-23-11-21(12-28(35-23)34-22-4-3-5-22)30(38)33-13-24(37)16-36-9-8-26-20(15-36)6-7-27(29(26)31)39-17-25-14-32-18-40-25/h6-7,11-12,14,18-19,22,24,37H,3-5,8-10,13,15-17H2,1-2H3,(H,33,38)(H,34,35)/t24-/m0/s1. The molecular formula is C30H38ClN5O4. The molecule has 0 unspecified atom stereocenters. The molecule has 0 spiro atoms. The lowest BCUT2D eigenvalue weighted by molar-refractivity contribution is 0.0841. The van der Waals surface area contributed by atoms with Gasteiger partial charge in [0.1, 0.15) is 18.2 Å². The summed E-state index contributed by atoms with van der Waals surface area (Å²) < 4.78 is 11.0. The Labute approximate surface area is 240 Å². The Morgan fingerprint density at radius 1 is 1.30 bits per heavy atom. The van der Waals surface area contributed by atoms with Crippen molar-refractivity contribution in [2.75, 3.05) is 25.0 Å². The van der Waals surface area contributed by atoms with E-state index in [1.165, 1.54) is 12.8 Å². The Morgan fingerprint density at radius 3 is 2.88 bits per heavy atom. The Bertz CT molecular complexity index is 1300. The molecule has 40 heavy (non-hydrogen) atoms. The van der Waals surface area contributed by atoms with Gasteiger partial charge in [-0.15, -0.1) is 0 Å². The van der Waals surface area contributed by atoms with Gasteiger partial charge in [0, 0.05) is 43.5 Å². The number of amides is 1. The van der Waals surface area contributed by atoms with E-state index in [0.29, 0.717) is 47.1 Å². The number of benzene rings is 1. The van der Waals surface area contributed by atoms with Gasteiger partial charge < -0.3 is 24.9 Å². The summed E-state index contributed by atoms with van der Waals surface area (Å²) in [6.45, 7) is 6.59. The first-order valence-electron chi connectivity index (χ1n) is 14.1. The maximum absolute atomic E-state index is 13.0. The number of fused-ring (bicyclic) bond motifs is 1. The number of aromatic nitrogens is 2. The third kappa shape index (κ3) is 7.33. The lowest BCUT2D eigenvalue weighted by atomic mass is 9.93. The van der Waals surface area contributed by atoms with E-state index in [2.05, 4.69) is 34.4 Å². The molecule has 0 radical (unpaired) electrons. The predicted molar refractivity (Wildman–Crippen MR) is 154 cm³/mol. The number of pyridine rings is 1. The van der Waals surface area contributed by atoms with Crippen LogP contribution in [-0.2, 0) is 26.0 Å². The number of aliphatic hydroxyl groups excluding tert-OH is 1. The van der Waals surface area contributed by atoms with Crippen LogP contribution in [-0.4, -0.2) is 57.7 Å². The van der Waals surface area contributed by atoms with Crippen molar-refractivity contribution in [1.82, 2.24) is 20.2 Å². The summed E-state index contributed by atoms with van der Waals surface area (Å²) >= 11 is 6.66. The number of anilines is 1. The molecule has 5 rings (SSSR count). The first-order valence-corrected chi connectivity index (χ1v) is 14.5. The van der Waals surface area contributed by atoms with E-state index in [9.17, 15) is 9.90 Å². The first-order chi connectivity index (χ1) is 19.3. The third-order valence-corrected chi connectivity index (χ3v) is 7.83. The number of hydrogen-bond donors (Lipinski definition) is 3. The van der Waals surface area contributed by atoms with Gasteiger partial charge in [-0.1, -0.05) is 31.5 Å². The van der Waals surface area contributed by atoms with Crippen LogP contribution >= 0.6 is 11.6 Å². The van der Waals surface area contributed by atoms with E-state index in [4.69, 9.17) is 25.7 Å². The lowest BCUT2D eigenvalue weighted by Gasteiger charge is -2.31. The van der Waals surface area contributed by atoms with Crippen LogP contribution in [0.1, 0.15) is 66.0 Å². The molecule has 1 atom stereocenters.